The van der Waals surface area contributed by atoms with Crippen LogP contribution in [-0.2, 0) is 13.6 Å². The Kier molecular flexibility index (Phi) is 3.08. The molecule has 2 aromatic heterocycles. The van der Waals surface area contributed by atoms with Crippen molar-refractivity contribution >= 4 is 5.91 Å². The molecule has 2 aromatic rings. The van der Waals surface area contributed by atoms with Crippen molar-refractivity contribution in [3.05, 3.63) is 42.0 Å². The molecule has 0 unspecified atom stereocenters. The van der Waals surface area contributed by atoms with Crippen LogP contribution in [0.5, 0.6) is 0 Å². The Morgan fingerprint density at radius 2 is 2.41 bits per heavy atom. The maximum Gasteiger partial charge on any atom is 0.254 e. The maximum atomic E-state index is 13.2. The molecule has 0 saturated heterocycles. The molecule has 7 heteroatoms. The zero-order valence-corrected chi connectivity index (χ0v) is 9.09. The summed E-state index contributed by atoms with van der Waals surface area (Å²) in [4.78, 5) is 19.1. The van der Waals surface area contributed by atoms with Gasteiger partial charge in [-0.1, -0.05) is 0 Å². The minimum Gasteiger partial charge on any atom is -0.345 e. The van der Waals surface area contributed by atoms with Crippen molar-refractivity contribution in [1.82, 2.24) is 25.1 Å². The van der Waals surface area contributed by atoms with Gasteiger partial charge in [0.05, 0.1) is 18.3 Å². The second kappa shape index (κ2) is 4.69. The van der Waals surface area contributed by atoms with Gasteiger partial charge >= 0.3 is 0 Å². The number of pyridine rings is 1. The number of carbonyl (C=O) groups is 1. The lowest BCUT2D eigenvalue weighted by Gasteiger charge is -2.03. The van der Waals surface area contributed by atoms with Crippen molar-refractivity contribution in [2.24, 2.45) is 7.05 Å². The van der Waals surface area contributed by atoms with Crippen LogP contribution in [0.4, 0.5) is 4.39 Å². The van der Waals surface area contributed by atoms with Gasteiger partial charge in [-0.3, -0.25) is 14.5 Å². The molecule has 0 aliphatic heterocycles. The summed E-state index contributed by atoms with van der Waals surface area (Å²) in [6.45, 7) is 0.154. The quantitative estimate of drug-likeness (QED) is 0.829. The van der Waals surface area contributed by atoms with E-state index in [1.165, 1.54) is 23.3 Å². The Morgan fingerprint density at radius 1 is 1.59 bits per heavy atom. The number of amides is 1. The highest BCUT2D eigenvalue weighted by Crippen LogP contribution is 2.04. The van der Waals surface area contributed by atoms with Crippen LogP contribution in [0.2, 0.25) is 0 Å². The van der Waals surface area contributed by atoms with E-state index in [-0.39, 0.29) is 12.1 Å². The van der Waals surface area contributed by atoms with E-state index >= 15 is 0 Å². The molecule has 2 rings (SSSR count). The molecule has 0 spiro atoms. The number of halogens is 1. The topological polar surface area (TPSA) is 72.7 Å². The van der Waals surface area contributed by atoms with Gasteiger partial charge in [-0.15, -0.1) is 0 Å². The summed E-state index contributed by atoms with van der Waals surface area (Å²) < 4.78 is 14.7. The molecule has 0 radical (unpaired) electrons. The Hall–Kier alpha value is -2.31. The predicted octanol–water partition coefficient (Wildman–Crippen LogP) is 0.279. The molecule has 0 aliphatic rings. The fourth-order valence-corrected chi connectivity index (χ4v) is 1.28. The van der Waals surface area contributed by atoms with E-state index in [1.807, 2.05) is 0 Å². The largest absolute Gasteiger partial charge is 0.345 e. The zero-order valence-electron chi connectivity index (χ0n) is 9.09. The summed E-state index contributed by atoms with van der Waals surface area (Å²) in [5, 5.41) is 6.51. The first-order valence-corrected chi connectivity index (χ1v) is 4.89. The average molecular weight is 235 g/mol. The summed E-state index contributed by atoms with van der Waals surface area (Å²) in [6, 6.07) is 1.32. The highest BCUT2D eigenvalue weighted by molar-refractivity contribution is 5.94. The molecule has 0 fully saturated rings. The van der Waals surface area contributed by atoms with Gasteiger partial charge in [0.1, 0.15) is 6.33 Å². The highest BCUT2D eigenvalue weighted by Gasteiger charge is 2.11. The van der Waals surface area contributed by atoms with Gasteiger partial charge in [0.2, 0.25) is 0 Å². The first-order chi connectivity index (χ1) is 8.16. The Labute approximate surface area is 96.5 Å². The molecular weight excluding hydrogens is 225 g/mol. The minimum atomic E-state index is -0.654. The van der Waals surface area contributed by atoms with E-state index in [1.54, 1.807) is 7.05 Å². The van der Waals surface area contributed by atoms with Crippen molar-refractivity contribution in [1.29, 1.82) is 0 Å². The number of aryl methyl sites for hydroxylation is 1. The molecule has 0 saturated carbocycles. The summed E-state index contributed by atoms with van der Waals surface area (Å²) in [7, 11) is 1.72. The molecular formula is C10H10FN5O. The third-order valence-electron chi connectivity index (χ3n) is 2.07. The number of nitrogens with zero attached hydrogens (tertiary/aromatic N) is 4. The lowest BCUT2D eigenvalue weighted by molar-refractivity contribution is 0.0945. The Morgan fingerprint density at radius 3 is 3.06 bits per heavy atom. The first kappa shape index (κ1) is 11.2. The molecule has 1 N–H and O–H groups in total. The van der Waals surface area contributed by atoms with Crippen LogP contribution in [0, 0.1) is 5.82 Å². The van der Waals surface area contributed by atoms with Crippen LogP contribution in [0.1, 0.15) is 16.2 Å². The van der Waals surface area contributed by atoms with Gasteiger partial charge in [-0.05, 0) is 6.07 Å². The second-order valence-electron chi connectivity index (χ2n) is 3.37. The number of hydrogen-bond acceptors (Lipinski definition) is 4. The van der Waals surface area contributed by atoms with Crippen LogP contribution in [0.15, 0.2) is 24.8 Å². The standard InChI is InChI=1S/C10H10FN5O/c1-16-6-14-9(15-16)5-13-10(17)7-2-3-12-4-8(7)11/h2-4,6H,5H2,1H3,(H,13,17). The number of aromatic nitrogens is 4. The normalized spacial score (nSPS) is 10.2. The van der Waals surface area contributed by atoms with E-state index < -0.39 is 11.7 Å². The summed E-state index contributed by atoms with van der Waals surface area (Å²) in [6.07, 6.45) is 3.87. The Bertz CT molecular complexity index is 539. The SMILES string of the molecule is Cn1cnc(CNC(=O)c2ccncc2F)n1. The lowest BCUT2D eigenvalue weighted by atomic mass is 10.2. The molecule has 1 amide bonds. The molecule has 0 aliphatic carbocycles. The van der Waals surface area contributed by atoms with E-state index in [2.05, 4.69) is 20.4 Å². The van der Waals surface area contributed by atoms with Gasteiger partial charge in [-0.25, -0.2) is 9.37 Å². The van der Waals surface area contributed by atoms with Crippen LogP contribution in [0.3, 0.4) is 0 Å². The van der Waals surface area contributed by atoms with Crippen LogP contribution in [0.25, 0.3) is 0 Å². The fraction of sp³-hybridized carbons (Fsp3) is 0.200. The van der Waals surface area contributed by atoms with Crippen molar-refractivity contribution in [3.63, 3.8) is 0 Å². The second-order valence-corrected chi connectivity index (χ2v) is 3.37. The molecule has 6 nitrogen and oxygen atoms in total. The highest BCUT2D eigenvalue weighted by atomic mass is 19.1. The van der Waals surface area contributed by atoms with Crippen LogP contribution < -0.4 is 5.32 Å². The molecule has 0 aromatic carbocycles. The third-order valence-corrected chi connectivity index (χ3v) is 2.07. The third kappa shape index (κ3) is 2.63. The number of rotatable bonds is 3. The van der Waals surface area contributed by atoms with Crippen molar-refractivity contribution in [3.8, 4) is 0 Å². The average Bonchev–Trinajstić information content (AvgIpc) is 2.73. The first-order valence-electron chi connectivity index (χ1n) is 4.89. The number of nitrogens with one attached hydrogen (secondary N) is 1. The summed E-state index contributed by atoms with van der Waals surface area (Å²) in [5.74, 6) is -0.702. The van der Waals surface area contributed by atoms with Crippen LogP contribution in [-0.4, -0.2) is 25.7 Å². The van der Waals surface area contributed by atoms with Crippen molar-refractivity contribution in [2.45, 2.75) is 6.54 Å². The van der Waals surface area contributed by atoms with Crippen LogP contribution >= 0.6 is 0 Å². The number of carbonyl (C=O) groups excluding carboxylic acids is 1. The summed E-state index contributed by atoms with van der Waals surface area (Å²) in [5.41, 5.74) is -0.0454. The smallest absolute Gasteiger partial charge is 0.254 e. The van der Waals surface area contributed by atoms with Gasteiger partial charge in [0.15, 0.2) is 11.6 Å². The molecule has 0 bridgehead atoms. The fourth-order valence-electron chi connectivity index (χ4n) is 1.28. The molecule has 17 heavy (non-hydrogen) atoms. The molecule has 0 atom stereocenters. The zero-order chi connectivity index (χ0) is 12.3. The molecule has 2 heterocycles. The minimum absolute atomic E-state index is 0.0454. The van der Waals surface area contributed by atoms with Crippen molar-refractivity contribution < 1.29 is 9.18 Å². The predicted molar refractivity (Wildman–Crippen MR) is 56.4 cm³/mol. The van der Waals surface area contributed by atoms with Gasteiger partial charge in [0, 0.05) is 13.2 Å². The lowest BCUT2D eigenvalue weighted by Crippen LogP contribution is -2.24. The summed E-state index contributed by atoms with van der Waals surface area (Å²) >= 11 is 0. The Balaban J connectivity index is 2.01. The number of hydrogen-bond donors (Lipinski definition) is 1. The van der Waals surface area contributed by atoms with E-state index in [0.717, 1.165) is 6.20 Å². The van der Waals surface area contributed by atoms with Gasteiger partial charge in [0.25, 0.3) is 5.91 Å². The van der Waals surface area contributed by atoms with E-state index in [0.29, 0.717) is 5.82 Å². The monoisotopic (exact) mass is 235 g/mol. The van der Waals surface area contributed by atoms with Crippen molar-refractivity contribution in [2.75, 3.05) is 0 Å². The van der Waals surface area contributed by atoms with Gasteiger partial charge in [-0.2, -0.15) is 5.10 Å². The van der Waals surface area contributed by atoms with Gasteiger partial charge < -0.3 is 5.32 Å². The molecule has 88 valence electrons. The van der Waals surface area contributed by atoms with E-state index in [9.17, 15) is 9.18 Å². The maximum absolute atomic E-state index is 13.2. The van der Waals surface area contributed by atoms with E-state index in [4.69, 9.17) is 0 Å².